The fraction of sp³-hybridized carbons (Fsp3) is 0.417. The molecule has 1 amide bonds. The maximum absolute atomic E-state index is 12.3. The lowest BCUT2D eigenvalue weighted by atomic mass is 10.2. The summed E-state index contributed by atoms with van der Waals surface area (Å²) in [6.07, 6.45) is 1.28. The van der Waals surface area contributed by atoms with Crippen LogP contribution in [0, 0.1) is 6.92 Å². The molecule has 19 heavy (non-hydrogen) atoms. The van der Waals surface area contributed by atoms with E-state index in [1.165, 1.54) is 6.39 Å². The van der Waals surface area contributed by atoms with Gasteiger partial charge in [-0.2, -0.15) is 5.10 Å². The van der Waals surface area contributed by atoms with Gasteiger partial charge in [0.2, 0.25) is 0 Å². The molecule has 0 aliphatic carbocycles. The molecule has 0 saturated heterocycles. The average molecular weight is 262 g/mol. The first-order valence-electron chi connectivity index (χ1n) is 6.05. The lowest BCUT2D eigenvalue weighted by molar-refractivity contribution is 0.0699. The predicted molar refractivity (Wildman–Crippen MR) is 64.1 cm³/mol. The Morgan fingerprint density at radius 2 is 2.37 bits per heavy atom. The number of aryl methyl sites for hydroxylation is 1. The Labute approximate surface area is 109 Å². The number of aromatic nitrogens is 3. The van der Waals surface area contributed by atoms with Crippen molar-refractivity contribution in [1.82, 2.24) is 19.7 Å². The molecule has 1 N–H and O–H groups in total. The van der Waals surface area contributed by atoms with Crippen molar-refractivity contribution in [1.29, 1.82) is 0 Å². The molecule has 0 spiro atoms. The number of carbonyl (C=O) groups excluding carboxylic acids is 1. The van der Waals surface area contributed by atoms with Gasteiger partial charge in [0.15, 0.2) is 12.1 Å². The molecule has 3 rings (SSSR count). The van der Waals surface area contributed by atoms with E-state index in [9.17, 15) is 4.79 Å². The number of hydrogen-bond acceptors (Lipinski definition) is 5. The number of hydrogen-bond donors (Lipinski definition) is 1. The van der Waals surface area contributed by atoms with Crippen LogP contribution in [0.2, 0.25) is 0 Å². The van der Waals surface area contributed by atoms with Gasteiger partial charge in [0, 0.05) is 6.54 Å². The van der Waals surface area contributed by atoms with Crippen molar-refractivity contribution in [2.24, 2.45) is 0 Å². The van der Waals surface area contributed by atoms with E-state index in [1.54, 1.807) is 11.8 Å². The van der Waals surface area contributed by atoms with Gasteiger partial charge < -0.3 is 14.4 Å². The minimum absolute atomic E-state index is 0.0870. The van der Waals surface area contributed by atoms with Crippen LogP contribution in [-0.2, 0) is 19.7 Å². The molecule has 7 heteroatoms. The van der Waals surface area contributed by atoms with Gasteiger partial charge >= 0.3 is 0 Å². The summed E-state index contributed by atoms with van der Waals surface area (Å²) in [6.45, 7) is 3.30. The van der Waals surface area contributed by atoms with Gasteiger partial charge in [0.25, 0.3) is 5.91 Å². The Morgan fingerprint density at radius 1 is 1.53 bits per heavy atom. The maximum atomic E-state index is 12.3. The highest BCUT2D eigenvalue weighted by Crippen LogP contribution is 2.17. The molecule has 0 bridgehead atoms. The monoisotopic (exact) mass is 262 g/mol. The van der Waals surface area contributed by atoms with E-state index in [1.807, 2.05) is 10.7 Å². The van der Waals surface area contributed by atoms with Crippen LogP contribution in [-0.4, -0.2) is 37.2 Å². The van der Waals surface area contributed by atoms with E-state index in [0.717, 1.165) is 5.69 Å². The third-order valence-electron chi connectivity index (χ3n) is 3.25. The standard InChI is InChI=1S/C12H14N4O3/c1-8-11(13-7-19-8)12(18)15-2-3-16-10(5-15)4-9(6-17)14-16/h4,7,17H,2-3,5-6H2,1H3. The number of fused-ring (bicyclic) bond motifs is 1. The van der Waals surface area contributed by atoms with Crippen molar-refractivity contribution in [3.05, 3.63) is 35.3 Å². The minimum atomic E-state index is -0.135. The molecule has 0 aromatic carbocycles. The van der Waals surface area contributed by atoms with E-state index < -0.39 is 0 Å². The largest absolute Gasteiger partial charge is 0.448 e. The highest BCUT2D eigenvalue weighted by atomic mass is 16.3. The number of aliphatic hydroxyl groups is 1. The van der Waals surface area contributed by atoms with Crippen LogP contribution in [0.4, 0.5) is 0 Å². The summed E-state index contributed by atoms with van der Waals surface area (Å²) >= 11 is 0. The van der Waals surface area contributed by atoms with Crippen molar-refractivity contribution in [3.63, 3.8) is 0 Å². The van der Waals surface area contributed by atoms with Crippen molar-refractivity contribution in [3.8, 4) is 0 Å². The van der Waals surface area contributed by atoms with Gasteiger partial charge in [-0.25, -0.2) is 4.98 Å². The highest BCUT2D eigenvalue weighted by molar-refractivity contribution is 5.93. The molecule has 100 valence electrons. The van der Waals surface area contributed by atoms with Crippen molar-refractivity contribution < 1.29 is 14.3 Å². The van der Waals surface area contributed by atoms with Crippen LogP contribution in [0.15, 0.2) is 16.9 Å². The number of carbonyl (C=O) groups is 1. The van der Waals surface area contributed by atoms with E-state index in [0.29, 0.717) is 36.8 Å². The van der Waals surface area contributed by atoms with Crippen LogP contribution in [0.1, 0.15) is 27.6 Å². The fourth-order valence-electron chi connectivity index (χ4n) is 2.24. The van der Waals surface area contributed by atoms with E-state index in [2.05, 4.69) is 10.1 Å². The Morgan fingerprint density at radius 3 is 3.05 bits per heavy atom. The normalized spacial score (nSPS) is 14.5. The van der Waals surface area contributed by atoms with Crippen LogP contribution in [0.5, 0.6) is 0 Å². The third-order valence-corrected chi connectivity index (χ3v) is 3.25. The summed E-state index contributed by atoms with van der Waals surface area (Å²) < 4.78 is 6.88. The summed E-state index contributed by atoms with van der Waals surface area (Å²) in [5, 5.41) is 13.3. The Kier molecular flexibility index (Phi) is 2.83. The van der Waals surface area contributed by atoms with E-state index in [-0.39, 0.29) is 12.5 Å². The molecule has 7 nitrogen and oxygen atoms in total. The molecule has 3 heterocycles. The summed E-state index contributed by atoms with van der Waals surface area (Å²) in [4.78, 5) is 18.0. The SMILES string of the molecule is Cc1ocnc1C(=O)N1CCn2nc(CO)cc2C1. The zero-order valence-corrected chi connectivity index (χ0v) is 10.5. The number of oxazole rings is 1. The van der Waals surface area contributed by atoms with Gasteiger partial charge in [0.1, 0.15) is 5.76 Å². The zero-order valence-electron chi connectivity index (χ0n) is 10.5. The highest BCUT2D eigenvalue weighted by Gasteiger charge is 2.25. The van der Waals surface area contributed by atoms with Crippen LogP contribution in [0.25, 0.3) is 0 Å². The first-order chi connectivity index (χ1) is 9.19. The van der Waals surface area contributed by atoms with Crippen LogP contribution in [0.3, 0.4) is 0 Å². The molecular formula is C12H14N4O3. The maximum Gasteiger partial charge on any atom is 0.276 e. The summed E-state index contributed by atoms with van der Waals surface area (Å²) in [6, 6.07) is 1.81. The van der Waals surface area contributed by atoms with E-state index >= 15 is 0 Å². The van der Waals surface area contributed by atoms with Crippen molar-refractivity contribution >= 4 is 5.91 Å². The third kappa shape index (κ3) is 2.01. The summed E-state index contributed by atoms with van der Waals surface area (Å²) in [5.41, 5.74) is 1.90. The molecule has 2 aromatic heterocycles. The van der Waals surface area contributed by atoms with Crippen LogP contribution < -0.4 is 0 Å². The number of nitrogens with zero attached hydrogens (tertiary/aromatic N) is 4. The smallest absolute Gasteiger partial charge is 0.276 e. The molecule has 0 saturated carbocycles. The Balaban J connectivity index is 1.82. The molecule has 1 aliphatic rings. The topological polar surface area (TPSA) is 84.4 Å². The minimum Gasteiger partial charge on any atom is -0.448 e. The van der Waals surface area contributed by atoms with Gasteiger partial charge in [-0.1, -0.05) is 0 Å². The van der Waals surface area contributed by atoms with Crippen LogP contribution >= 0.6 is 0 Å². The van der Waals surface area contributed by atoms with Crippen molar-refractivity contribution in [2.75, 3.05) is 6.54 Å². The fourth-order valence-corrected chi connectivity index (χ4v) is 2.24. The second-order valence-electron chi connectivity index (χ2n) is 4.49. The molecular weight excluding hydrogens is 248 g/mol. The molecule has 0 atom stereocenters. The van der Waals surface area contributed by atoms with Gasteiger partial charge in [-0.05, 0) is 13.0 Å². The van der Waals surface area contributed by atoms with Gasteiger partial charge in [-0.3, -0.25) is 9.48 Å². The second-order valence-corrected chi connectivity index (χ2v) is 4.49. The number of aliphatic hydroxyl groups excluding tert-OH is 1. The first kappa shape index (κ1) is 11.9. The zero-order chi connectivity index (χ0) is 13.4. The number of amides is 1. The van der Waals surface area contributed by atoms with E-state index in [4.69, 9.17) is 9.52 Å². The first-order valence-corrected chi connectivity index (χ1v) is 6.05. The predicted octanol–water partition coefficient (Wildman–Crippen LogP) is 0.328. The average Bonchev–Trinajstić information content (AvgIpc) is 3.02. The molecule has 0 radical (unpaired) electrons. The lowest BCUT2D eigenvalue weighted by Crippen LogP contribution is -2.38. The summed E-state index contributed by atoms with van der Waals surface area (Å²) in [5.74, 6) is 0.393. The lowest BCUT2D eigenvalue weighted by Gasteiger charge is -2.27. The molecule has 0 fully saturated rings. The Hall–Kier alpha value is -2.15. The Bertz CT molecular complexity index is 616. The molecule has 0 unspecified atom stereocenters. The van der Waals surface area contributed by atoms with Gasteiger partial charge in [-0.15, -0.1) is 0 Å². The quantitative estimate of drug-likeness (QED) is 0.843. The molecule has 2 aromatic rings. The van der Waals surface area contributed by atoms with Gasteiger partial charge in [0.05, 0.1) is 31.1 Å². The summed E-state index contributed by atoms with van der Waals surface area (Å²) in [7, 11) is 0. The second kappa shape index (κ2) is 4.51. The number of rotatable bonds is 2. The molecule has 1 aliphatic heterocycles. The van der Waals surface area contributed by atoms with Crippen molar-refractivity contribution in [2.45, 2.75) is 26.6 Å².